The van der Waals surface area contributed by atoms with Gasteiger partial charge in [0, 0.05) is 6.21 Å². The first-order chi connectivity index (χ1) is 7.45. The average Bonchev–Trinajstić information content (AvgIpc) is 2.19. The number of halogens is 3. The third kappa shape index (κ3) is 3.08. The number of aryl methyl sites for hydroxylation is 1. The van der Waals surface area contributed by atoms with E-state index in [2.05, 4.69) is 10.5 Å². The lowest BCUT2D eigenvalue weighted by molar-refractivity contribution is -0.137. The first kappa shape index (κ1) is 12.2. The fraction of sp³-hybridized carbons (Fsp3) is 0.200. The van der Waals surface area contributed by atoms with Crippen molar-refractivity contribution in [1.29, 1.82) is 5.41 Å². The summed E-state index contributed by atoms with van der Waals surface area (Å²) in [5.41, 5.74) is 2.63. The molecule has 0 aliphatic rings. The molecule has 0 bridgehead atoms. The van der Waals surface area contributed by atoms with Crippen LogP contribution < -0.4 is 5.43 Å². The second-order valence-corrected chi connectivity index (χ2v) is 3.08. The summed E-state index contributed by atoms with van der Waals surface area (Å²) >= 11 is 0. The molecule has 0 saturated carbocycles. The van der Waals surface area contributed by atoms with Crippen LogP contribution in [0, 0.1) is 12.3 Å². The molecule has 6 heteroatoms. The van der Waals surface area contributed by atoms with Gasteiger partial charge in [-0.05, 0) is 24.6 Å². The Hall–Kier alpha value is -1.85. The number of alkyl halides is 3. The summed E-state index contributed by atoms with van der Waals surface area (Å²) in [4.78, 5) is 0. The number of anilines is 1. The van der Waals surface area contributed by atoms with Crippen LogP contribution in [0.25, 0.3) is 0 Å². The van der Waals surface area contributed by atoms with Crippen LogP contribution in [0.15, 0.2) is 23.3 Å². The molecule has 0 amide bonds. The number of hydrazone groups is 1. The van der Waals surface area contributed by atoms with Crippen molar-refractivity contribution in [3.05, 3.63) is 29.3 Å². The highest BCUT2D eigenvalue weighted by molar-refractivity contribution is 6.14. The van der Waals surface area contributed by atoms with Gasteiger partial charge < -0.3 is 5.41 Å². The summed E-state index contributed by atoms with van der Waals surface area (Å²) in [5.74, 6) is 0. The molecule has 0 unspecified atom stereocenters. The van der Waals surface area contributed by atoms with Crippen LogP contribution in [-0.2, 0) is 6.18 Å². The number of nitrogens with one attached hydrogen (secondary N) is 2. The van der Waals surface area contributed by atoms with Crippen LogP contribution in [0.3, 0.4) is 0 Å². The van der Waals surface area contributed by atoms with E-state index in [1.807, 2.05) is 0 Å². The topological polar surface area (TPSA) is 48.2 Å². The molecular formula is C10H10F3N3. The molecule has 0 spiro atoms. The molecule has 1 aromatic rings. The number of nitrogens with zero attached hydrogens (tertiary/aromatic N) is 1. The van der Waals surface area contributed by atoms with Crippen LogP contribution in [0.5, 0.6) is 0 Å². The molecule has 0 heterocycles. The van der Waals surface area contributed by atoms with Crippen molar-refractivity contribution >= 4 is 18.1 Å². The number of rotatable bonds is 3. The zero-order valence-corrected chi connectivity index (χ0v) is 8.47. The van der Waals surface area contributed by atoms with Crippen molar-refractivity contribution in [2.75, 3.05) is 5.43 Å². The quantitative estimate of drug-likeness (QED) is 0.607. The summed E-state index contributed by atoms with van der Waals surface area (Å²) in [6.45, 7) is 1.67. The van der Waals surface area contributed by atoms with E-state index in [0.29, 0.717) is 5.56 Å². The van der Waals surface area contributed by atoms with Crippen LogP contribution in [-0.4, -0.2) is 12.4 Å². The largest absolute Gasteiger partial charge is 0.416 e. The molecule has 0 saturated heterocycles. The van der Waals surface area contributed by atoms with Crippen molar-refractivity contribution in [3.63, 3.8) is 0 Å². The maximum absolute atomic E-state index is 12.4. The molecule has 0 fully saturated rings. The Morgan fingerprint density at radius 1 is 1.38 bits per heavy atom. The van der Waals surface area contributed by atoms with Crippen molar-refractivity contribution in [2.45, 2.75) is 13.1 Å². The Kier molecular flexibility index (Phi) is 3.65. The van der Waals surface area contributed by atoms with Crippen molar-refractivity contribution < 1.29 is 13.2 Å². The number of benzene rings is 1. The second-order valence-electron chi connectivity index (χ2n) is 3.08. The Balaban J connectivity index is 2.99. The van der Waals surface area contributed by atoms with Crippen molar-refractivity contribution in [1.82, 2.24) is 0 Å². The Labute approximate surface area is 90.5 Å². The summed E-state index contributed by atoms with van der Waals surface area (Å²) in [6.07, 6.45) is -2.30. The molecule has 3 nitrogen and oxygen atoms in total. The smallest absolute Gasteiger partial charge is 0.307 e. The second kappa shape index (κ2) is 4.78. The van der Waals surface area contributed by atoms with Gasteiger partial charge in [-0.3, -0.25) is 5.43 Å². The number of hydrogen-bond acceptors (Lipinski definition) is 3. The van der Waals surface area contributed by atoms with Crippen LogP contribution in [0.1, 0.15) is 11.1 Å². The average molecular weight is 229 g/mol. The van der Waals surface area contributed by atoms with Crippen molar-refractivity contribution in [2.24, 2.45) is 5.10 Å². The SMILES string of the molecule is Cc1ccc(C(F)(F)F)cc1N/N=C\C=N. The normalized spacial score (nSPS) is 11.8. The summed E-state index contributed by atoms with van der Waals surface area (Å²) < 4.78 is 37.2. The Morgan fingerprint density at radius 3 is 2.62 bits per heavy atom. The molecule has 0 atom stereocenters. The minimum absolute atomic E-state index is 0.271. The van der Waals surface area contributed by atoms with Gasteiger partial charge in [0.2, 0.25) is 0 Å². The third-order valence-electron chi connectivity index (χ3n) is 1.90. The molecule has 86 valence electrons. The first-order valence-corrected chi connectivity index (χ1v) is 4.41. The van der Waals surface area contributed by atoms with Gasteiger partial charge in [0.15, 0.2) is 0 Å². The summed E-state index contributed by atoms with van der Waals surface area (Å²) in [6, 6.07) is 3.36. The highest BCUT2D eigenvalue weighted by Crippen LogP contribution is 2.31. The van der Waals surface area contributed by atoms with Gasteiger partial charge in [0.25, 0.3) is 0 Å². The highest BCUT2D eigenvalue weighted by atomic mass is 19.4. The van der Waals surface area contributed by atoms with Crippen LogP contribution in [0.2, 0.25) is 0 Å². The van der Waals surface area contributed by atoms with E-state index in [-0.39, 0.29) is 5.69 Å². The van der Waals surface area contributed by atoms with E-state index < -0.39 is 11.7 Å². The zero-order valence-electron chi connectivity index (χ0n) is 8.47. The molecule has 0 aromatic heterocycles. The minimum Gasteiger partial charge on any atom is -0.307 e. The first-order valence-electron chi connectivity index (χ1n) is 4.41. The molecule has 1 rings (SSSR count). The lowest BCUT2D eigenvalue weighted by Crippen LogP contribution is -2.06. The predicted octanol–water partition coefficient (Wildman–Crippen LogP) is 3.06. The number of hydrogen-bond donors (Lipinski definition) is 2. The molecule has 0 radical (unpaired) electrons. The standard InChI is InChI=1S/C10H10F3N3/c1-7-2-3-8(10(11,12)13)6-9(7)16-15-5-4-14/h2-6,14,16H,1H3/b14-4?,15-5-. The summed E-state index contributed by atoms with van der Waals surface area (Å²) in [5, 5.41) is 10.2. The minimum atomic E-state index is -4.37. The van der Waals surface area contributed by atoms with Crippen molar-refractivity contribution in [3.8, 4) is 0 Å². The fourth-order valence-corrected chi connectivity index (χ4v) is 1.06. The fourth-order valence-electron chi connectivity index (χ4n) is 1.06. The van der Waals surface area contributed by atoms with E-state index in [9.17, 15) is 13.2 Å². The van der Waals surface area contributed by atoms with Gasteiger partial charge in [0.05, 0.1) is 17.5 Å². The van der Waals surface area contributed by atoms with Crippen LogP contribution in [0.4, 0.5) is 18.9 Å². The van der Waals surface area contributed by atoms with Gasteiger partial charge in [-0.2, -0.15) is 18.3 Å². The van der Waals surface area contributed by atoms with E-state index in [4.69, 9.17) is 5.41 Å². The third-order valence-corrected chi connectivity index (χ3v) is 1.90. The predicted molar refractivity (Wildman–Crippen MR) is 57.1 cm³/mol. The van der Waals surface area contributed by atoms with Gasteiger partial charge in [-0.25, -0.2) is 0 Å². The molecule has 16 heavy (non-hydrogen) atoms. The van der Waals surface area contributed by atoms with Gasteiger partial charge >= 0.3 is 6.18 Å². The molecule has 0 aliphatic carbocycles. The zero-order chi connectivity index (χ0) is 12.2. The van der Waals surface area contributed by atoms with E-state index >= 15 is 0 Å². The Morgan fingerprint density at radius 2 is 2.06 bits per heavy atom. The van der Waals surface area contributed by atoms with E-state index in [1.165, 1.54) is 6.07 Å². The van der Waals surface area contributed by atoms with Gasteiger partial charge in [-0.15, -0.1) is 0 Å². The van der Waals surface area contributed by atoms with Gasteiger partial charge in [0.1, 0.15) is 0 Å². The molecule has 1 aromatic carbocycles. The van der Waals surface area contributed by atoms with Gasteiger partial charge in [-0.1, -0.05) is 6.07 Å². The lowest BCUT2D eigenvalue weighted by atomic mass is 10.1. The maximum Gasteiger partial charge on any atom is 0.416 e. The van der Waals surface area contributed by atoms with E-state index in [1.54, 1.807) is 6.92 Å². The highest BCUT2D eigenvalue weighted by Gasteiger charge is 2.30. The monoisotopic (exact) mass is 229 g/mol. The molecular weight excluding hydrogens is 219 g/mol. The molecule has 0 aliphatic heterocycles. The maximum atomic E-state index is 12.4. The summed E-state index contributed by atoms with van der Waals surface area (Å²) in [7, 11) is 0. The van der Waals surface area contributed by atoms with Crippen LogP contribution >= 0.6 is 0 Å². The lowest BCUT2D eigenvalue weighted by Gasteiger charge is -2.10. The van der Waals surface area contributed by atoms with E-state index in [0.717, 1.165) is 24.6 Å². The molecule has 2 N–H and O–H groups in total. The Bertz CT molecular complexity index is 410.